The first-order valence-electron chi connectivity index (χ1n) is 24.6. The molecule has 10 aromatic carbocycles. The van der Waals surface area contributed by atoms with E-state index < -0.39 is 0 Å². The van der Waals surface area contributed by atoms with Crippen molar-refractivity contribution in [2.24, 2.45) is 0 Å². The quantitative estimate of drug-likeness (QED) is 0.108. The first-order chi connectivity index (χ1) is 34.7. The number of hydrogen-bond acceptors (Lipinski definition) is 4. The minimum absolute atomic E-state index is 0.371. The molecule has 0 aliphatic heterocycles. The molecule has 11 rings (SSSR count). The molecule has 1 saturated carbocycles. The van der Waals surface area contributed by atoms with Gasteiger partial charge in [-0.05, 0) is 157 Å². The Bertz CT molecular complexity index is 2640. The van der Waals surface area contributed by atoms with Crippen LogP contribution < -0.4 is 19.6 Å². The van der Waals surface area contributed by atoms with E-state index in [1.807, 2.05) is 0 Å². The molecule has 10 aromatic rings. The molecule has 70 heavy (non-hydrogen) atoms. The maximum Gasteiger partial charge on any atom is 0.0485 e. The van der Waals surface area contributed by atoms with Gasteiger partial charge in [0, 0.05) is 73.7 Å². The number of anilines is 12. The van der Waals surface area contributed by atoms with Crippen molar-refractivity contribution in [3.05, 3.63) is 290 Å². The van der Waals surface area contributed by atoms with Crippen LogP contribution in [0.3, 0.4) is 0 Å². The number of hydrogen-bond donors (Lipinski definition) is 0. The Morgan fingerprint density at radius 2 is 0.386 bits per heavy atom. The van der Waals surface area contributed by atoms with E-state index in [1.54, 1.807) is 0 Å². The van der Waals surface area contributed by atoms with Gasteiger partial charge in [0.05, 0.1) is 0 Å². The van der Waals surface area contributed by atoms with Gasteiger partial charge >= 0.3 is 0 Å². The van der Waals surface area contributed by atoms with Crippen LogP contribution >= 0.6 is 0 Å². The summed E-state index contributed by atoms with van der Waals surface area (Å²) in [5.74, 6) is 0. The maximum absolute atomic E-state index is 2.51. The van der Waals surface area contributed by atoms with Gasteiger partial charge in [0.1, 0.15) is 0 Å². The maximum atomic E-state index is 2.51. The molecule has 0 N–H and O–H groups in total. The van der Waals surface area contributed by atoms with Crippen molar-refractivity contribution < 1.29 is 0 Å². The van der Waals surface area contributed by atoms with Gasteiger partial charge in [-0.15, -0.1) is 0 Å². The lowest BCUT2D eigenvalue weighted by Gasteiger charge is -2.41. The Morgan fingerprint density at radius 3 is 0.571 bits per heavy atom. The Hall–Kier alpha value is -8.60. The van der Waals surface area contributed by atoms with Crippen LogP contribution in [0.1, 0.15) is 43.2 Å². The summed E-state index contributed by atoms with van der Waals surface area (Å²) in [7, 11) is 0. The molecule has 0 heterocycles. The molecule has 0 bridgehead atoms. The highest BCUT2D eigenvalue weighted by atomic mass is 15.2. The Morgan fingerprint density at radius 1 is 0.200 bits per heavy atom. The van der Waals surface area contributed by atoms with E-state index in [0.29, 0.717) is 0 Å². The summed E-state index contributed by atoms with van der Waals surface area (Å²) in [5, 5.41) is 0. The molecule has 0 spiro atoms. The highest BCUT2D eigenvalue weighted by Crippen LogP contribution is 2.52. The SMILES string of the molecule is c1ccc(N(c2ccccc2)c2cc(N(c3ccccc3)c3ccccc3)cc(C3(c4cc(N(c5ccccc5)c5ccccc5)cc(N(c5ccccc5)c5ccccc5)c4)CCCCC3)c2)cc1. The van der Waals surface area contributed by atoms with Gasteiger partial charge in [-0.25, -0.2) is 0 Å². The summed E-state index contributed by atoms with van der Waals surface area (Å²) in [4.78, 5) is 9.72. The highest BCUT2D eigenvalue weighted by Gasteiger charge is 2.39. The normalized spacial score (nSPS) is 13.0. The van der Waals surface area contributed by atoms with Crippen molar-refractivity contribution in [1.29, 1.82) is 0 Å². The highest BCUT2D eigenvalue weighted by molar-refractivity contribution is 5.87. The van der Waals surface area contributed by atoms with E-state index in [-0.39, 0.29) is 5.41 Å². The van der Waals surface area contributed by atoms with Gasteiger partial charge in [-0.3, -0.25) is 0 Å². The molecule has 0 radical (unpaired) electrons. The van der Waals surface area contributed by atoms with Crippen molar-refractivity contribution in [3.8, 4) is 0 Å². The predicted molar refractivity (Wildman–Crippen MR) is 295 cm³/mol. The molecule has 0 amide bonds. The van der Waals surface area contributed by atoms with E-state index in [4.69, 9.17) is 0 Å². The van der Waals surface area contributed by atoms with Crippen molar-refractivity contribution in [2.45, 2.75) is 37.5 Å². The third-order valence-corrected chi connectivity index (χ3v) is 13.8. The van der Waals surface area contributed by atoms with Crippen LogP contribution in [0.15, 0.2) is 279 Å². The molecule has 1 aliphatic rings. The topological polar surface area (TPSA) is 13.0 Å². The molecule has 0 atom stereocenters. The Balaban J connectivity index is 1.22. The summed E-state index contributed by atoms with van der Waals surface area (Å²) >= 11 is 0. The summed E-state index contributed by atoms with van der Waals surface area (Å²) in [6.45, 7) is 0. The molecule has 1 fully saturated rings. The molecular formula is C66H56N4. The van der Waals surface area contributed by atoms with Crippen LogP contribution in [0.5, 0.6) is 0 Å². The number of para-hydroxylation sites is 8. The second-order valence-corrected chi connectivity index (χ2v) is 18.1. The van der Waals surface area contributed by atoms with Crippen molar-refractivity contribution in [2.75, 3.05) is 19.6 Å². The second-order valence-electron chi connectivity index (χ2n) is 18.1. The van der Waals surface area contributed by atoms with E-state index in [0.717, 1.165) is 93.9 Å². The fourth-order valence-corrected chi connectivity index (χ4v) is 10.6. The lowest BCUT2D eigenvalue weighted by molar-refractivity contribution is 0.346. The van der Waals surface area contributed by atoms with Gasteiger partial charge in [0.25, 0.3) is 0 Å². The predicted octanol–water partition coefficient (Wildman–Crippen LogP) is 18.8. The average molecular weight is 905 g/mol. The standard InChI is InChI=1S/C66H56N4/c1-10-28-54(29-11-1)67(55-30-12-2-13-31-55)62-46-52(47-63(50-62)68(56-32-14-3-15-33-56)57-34-16-4-17-35-57)66(44-26-9-27-45-66)53-48-64(69(58-36-18-5-19-37-58)59-38-20-6-21-39-59)51-65(49-53)70(60-40-22-7-23-41-60)61-42-24-8-25-43-61/h1-8,10-25,28-43,46-51H,9,26-27,44-45H2. The second kappa shape index (κ2) is 20.3. The van der Waals surface area contributed by atoms with Crippen LogP contribution in [-0.4, -0.2) is 0 Å². The van der Waals surface area contributed by atoms with E-state index in [2.05, 4.69) is 299 Å². The zero-order valence-corrected chi connectivity index (χ0v) is 39.4. The molecule has 340 valence electrons. The van der Waals surface area contributed by atoms with E-state index >= 15 is 0 Å². The van der Waals surface area contributed by atoms with Crippen molar-refractivity contribution in [3.63, 3.8) is 0 Å². The summed E-state index contributed by atoms with van der Waals surface area (Å²) < 4.78 is 0. The van der Waals surface area contributed by atoms with Crippen LogP contribution in [0.25, 0.3) is 0 Å². The van der Waals surface area contributed by atoms with Crippen LogP contribution in [0, 0.1) is 0 Å². The molecule has 4 heteroatoms. The molecule has 4 nitrogen and oxygen atoms in total. The first-order valence-corrected chi connectivity index (χ1v) is 24.6. The van der Waals surface area contributed by atoms with Gasteiger partial charge in [-0.1, -0.05) is 165 Å². The zero-order chi connectivity index (χ0) is 47.0. The number of rotatable bonds is 14. The van der Waals surface area contributed by atoms with Crippen LogP contribution in [0.2, 0.25) is 0 Å². The van der Waals surface area contributed by atoms with Gasteiger partial charge in [0.2, 0.25) is 0 Å². The van der Waals surface area contributed by atoms with Gasteiger partial charge in [0.15, 0.2) is 0 Å². The fourth-order valence-electron chi connectivity index (χ4n) is 10.6. The third kappa shape index (κ3) is 9.08. The minimum Gasteiger partial charge on any atom is -0.310 e. The lowest BCUT2D eigenvalue weighted by Crippen LogP contribution is -2.31. The number of benzene rings is 10. The Labute approximate surface area is 413 Å². The minimum atomic E-state index is -0.371. The summed E-state index contributed by atoms with van der Waals surface area (Å²) in [5.41, 5.74) is 15.5. The van der Waals surface area contributed by atoms with Gasteiger partial charge < -0.3 is 19.6 Å². The molecule has 0 aromatic heterocycles. The van der Waals surface area contributed by atoms with Crippen molar-refractivity contribution >= 4 is 68.2 Å². The summed E-state index contributed by atoms with van der Waals surface area (Å²) in [6, 6.07) is 101. The average Bonchev–Trinajstić information content (AvgIpc) is 3.44. The molecular weight excluding hydrogens is 849 g/mol. The summed E-state index contributed by atoms with van der Waals surface area (Å²) in [6.07, 6.45) is 5.42. The monoisotopic (exact) mass is 904 g/mol. The lowest BCUT2D eigenvalue weighted by atomic mass is 9.65. The van der Waals surface area contributed by atoms with Crippen LogP contribution in [-0.2, 0) is 5.41 Å². The van der Waals surface area contributed by atoms with E-state index in [1.165, 1.54) is 17.5 Å². The fraction of sp³-hybridized carbons (Fsp3) is 0.0909. The third-order valence-electron chi connectivity index (χ3n) is 13.8. The van der Waals surface area contributed by atoms with E-state index in [9.17, 15) is 0 Å². The van der Waals surface area contributed by atoms with Crippen LogP contribution in [0.4, 0.5) is 68.2 Å². The molecule has 0 unspecified atom stereocenters. The molecule has 1 aliphatic carbocycles. The van der Waals surface area contributed by atoms with Crippen molar-refractivity contribution in [1.82, 2.24) is 0 Å². The van der Waals surface area contributed by atoms with Gasteiger partial charge in [-0.2, -0.15) is 0 Å². The first kappa shape index (κ1) is 43.9. The molecule has 0 saturated heterocycles. The zero-order valence-electron chi connectivity index (χ0n) is 39.4. The Kier molecular flexibility index (Phi) is 12.8. The smallest absolute Gasteiger partial charge is 0.0485 e. The largest absolute Gasteiger partial charge is 0.310 e. The number of nitrogens with zero attached hydrogens (tertiary/aromatic N) is 4.